The summed E-state index contributed by atoms with van der Waals surface area (Å²) in [7, 11) is 0. The highest BCUT2D eigenvalue weighted by Crippen LogP contribution is 1.95. The maximum atomic E-state index is 10.8. The van der Waals surface area contributed by atoms with Crippen LogP contribution < -0.4 is 11.1 Å². The maximum Gasteiger partial charge on any atom is 0.230 e. The molecule has 0 saturated heterocycles. The summed E-state index contributed by atoms with van der Waals surface area (Å²) in [5.41, 5.74) is 5.22. The van der Waals surface area contributed by atoms with Crippen LogP contribution in [0.15, 0.2) is 0 Å². The molecule has 0 aliphatic carbocycles. The van der Waals surface area contributed by atoms with Crippen LogP contribution in [-0.2, 0) is 4.79 Å². The van der Waals surface area contributed by atoms with Crippen molar-refractivity contribution in [3.05, 3.63) is 0 Å². The van der Waals surface area contributed by atoms with Crippen LogP contribution >= 0.6 is 11.8 Å². The molecule has 0 spiro atoms. The van der Waals surface area contributed by atoms with Crippen molar-refractivity contribution in [3.8, 4) is 0 Å². The molecule has 0 saturated carbocycles. The van der Waals surface area contributed by atoms with Gasteiger partial charge in [-0.05, 0) is 0 Å². The quantitative estimate of drug-likeness (QED) is 0.446. The average molecular weight is 178 g/mol. The normalized spacial score (nSPS) is 9.64. The van der Waals surface area contributed by atoms with Crippen LogP contribution in [0.4, 0.5) is 0 Å². The first kappa shape index (κ1) is 10.7. The number of hydrogen-bond acceptors (Lipinski definition) is 4. The van der Waals surface area contributed by atoms with E-state index in [2.05, 4.69) is 5.32 Å². The Kier molecular flexibility index (Phi) is 7.66. The first-order valence-corrected chi connectivity index (χ1v) is 4.62. The Morgan fingerprint density at radius 1 is 1.64 bits per heavy atom. The second kappa shape index (κ2) is 7.84. The molecule has 0 aromatic rings. The Morgan fingerprint density at radius 3 is 2.91 bits per heavy atom. The van der Waals surface area contributed by atoms with Gasteiger partial charge in [0.25, 0.3) is 0 Å². The maximum absolute atomic E-state index is 10.8. The summed E-state index contributed by atoms with van der Waals surface area (Å²) in [6.07, 6.45) is 0. The lowest BCUT2D eigenvalue weighted by Gasteiger charge is -2.01. The average Bonchev–Trinajstić information content (AvgIpc) is 2.01. The second-order valence-electron chi connectivity index (χ2n) is 1.91. The third kappa shape index (κ3) is 7.64. The van der Waals surface area contributed by atoms with Gasteiger partial charge in [0.15, 0.2) is 0 Å². The molecule has 4 N–H and O–H groups in total. The predicted octanol–water partition coefficient (Wildman–Crippen LogP) is -1.21. The van der Waals surface area contributed by atoms with Crippen molar-refractivity contribution in [1.82, 2.24) is 5.32 Å². The molecule has 0 bridgehead atoms. The van der Waals surface area contributed by atoms with Crippen molar-refractivity contribution >= 4 is 17.7 Å². The summed E-state index contributed by atoms with van der Waals surface area (Å²) in [6, 6.07) is 0. The molecular weight excluding hydrogens is 164 g/mol. The predicted molar refractivity (Wildman–Crippen MR) is 46.5 cm³/mol. The number of hydrogen-bond donors (Lipinski definition) is 3. The van der Waals surface area contributed by atoms with Gasteiger partial charge in [0.05, 0.1) is 12.4 Å². The monoisotopic (exact) mass is 178 g/mol. The van der Waals surface area contributed by atoms with Crippen molar-refractivity contribution in [2.24, 2.45) is 5.73 Å². The minimum Gasteiger partial charge on any atom is -0.395 e. The summed E-state index contributed by atoms with van der Waals surface area (Å²) in [5, 5.41) is 10.9. The lowest BCUT2D eigenvalue weighted by Crippen LogP contribution is -2.28. The van der Waals surface area contributed by atoms with E-state index in [-0.39, 0.29) is 12.5 Å². The van der Waals surface area contributed by atoms with E-state index >= 15 is 0 Å². The molecule has 0 aromatic carbocycles. The van der Waals surface area contributed by atoms with Gasteiger partial charge in [-0.2, -0.15) is 11.8 Å². The van der Waals surface area contributed by atoms with Gasteiger partial charge in [0.2, 0.25) is 5.91 Å². The van der Waals surface area contributed by atoms with Crippen molar-refractivity contribution in [3.63, 3.8) is 0 Å². The van der Waals surface area contributed by atoms with Crippen LogP contribution in [-0.4, -0.2) is 42.2 Å². The van der Waals surface area contributed by atoms with Gasteiger partial charge in [-0.15, -0.1) is 0 Å². The molecule has 0 rings (SSSR count). The number of thioether (sulfide) groups is 1. The minimum atomic E-state index is -0.0440. The number of nitrogens with one attached hydrogen (secondary N) is 1. The SMILES string of the molecule is NCCSCC(=O)NCCO. The van der Waals surface area contributed by atoms with E-state index in [0.29, 0.717) is 18.8 Å². The van der Waals surface area contributed by atoms with E-state index in [4.69, 9.17) is 10.8 Å². The summed E-state index contributed by atoms with van der Waals surface area (Å²) in [4.78, 5) is 10.8. The van der Waals surface area contributed by atoms with E-state index in [1.165, 1.54) is 11.8 Å². The number of carbonyl (C=O) groups is 1. The van der Waals surface area contributed by atoms with Crippen LogP contribution in [0, 0.1) is 0 Å². The Bertz CT molecular complexity index is 111. The molecule has 0 aliphatic heterocycles. The lowest BCUT2D eigenvalue weighted by molar-refractivity contribution is -0.118. The molecule has 4 nitrogen and oxygen atoms in total. The van der Waals surface area contributed by atoms with Crippen molar-refractivity contribution in [2.45, 2.75) is 0 Å². The van der Waals surface area contributed by atoms with Gasteiger partial charge in [-0.3, -0.25) is 4.79 Å². The highest BCUT2D eigenvalue weighted by Gasteiger charge is 1.98. The van der Waals surface area contributed by atoms with Crippen LogP contribution in [0.2, 0.25) is 0 Å². The van der Waals surface area contributed by atoms with Gasteiger partial charge < -0.3 is 16.2 Å². The fourth-order valence-electron chi connectivity index (χ4n) is 0.495. The lowest BCUT2D eigenvalue weighted by atomic mass is 10.6. The molecule has 0 fully saturated rings. The summed E-state index contributed by atoms with van der Waals surface area (Å²) < 4.78 is 0. The second-order valence-corrected chi connectivity index (χ2v) is 3.02. The van der Waals surface area contributed by atoms with E-state index < -0.39 is 0 Å². The van der Waals surface area contributed by atoms with Crippen molar-refractivity contribution in [1.29, 1.82) is 0 Å². The Balaban J connectivity index is 3.09. The highest BCUT2D eigenvalue weighted by atomic mass is 32.2. The molecule has 0 aromatic heterocycles. The third-order valence-electron chi connectivity index (χ3n) is 0.929. The van der Waals surface area contributed by atoms with Gasteiger partial charge in [0.1, 0.15) is 0 Å². The van der Waals surface area contributed by atoms with E-state index in [1.54, 1.807) is 0 Å². The van der Waals surface area contributed by atoms with Gasteiger partial charge >= 0.3 is 0 Å². The summed E-state index contributed by atoms with van der Waals surface area (Å²) >= 11 is 1.49. The largest absolute Gasteiger partial charge is 0.395 e. The van der Waals surface area contributed by atoms with E-state index in [1.807, 2.05) is 0 Å². The molecule has 0 atom stereocenters. The van der Waals surface area contributed by atoms with Crippen LogP contribution in [0.1, 0.15) is 0 Å². The van der Waals surface area contributed by atoms with Gasteiger partial charge in [-0.25, -0.2) is 0 Å². The molecule has 0 heterocycles. The van der Waals surface area contributed by atoms with Crippen molar-refractivity contribution in [2.75, 3.05) is 31.2 Å². The van der Waals surface area contributed by atoms with Crippen LogP contribution in [0.25, 0.3) is 0 Å². The summed E-state index contributed by atoms with van der Waals surface area (Å²) in [6.45, 7) is 0.924. The molecular formula is C6H14N2O2S. The molecule has 11 heavy (non-hydrogen) atoms. The molecule has 0 radical (unpaired) electrons. The molecule has 1 amide bonds. The zero-order chi connectivity index (χ0) is 8.53. The fraction of sp³-hybridized carbons (Fsp3) is 0.833. The van der Waals surface area contributed by atoms with Crippen LogP contribution in [0.3, 0.4) is 0 Å². The first-order chi connectivity index (χ1) is 5.31. The number of aliphatic hydroxyl groups is 1. The number of nitrogens with two attached hydrogens (primary N) is 1. The Hall–Kier alpha value is -0.260. The third-order valence-corrected chi connectivity index (χ3v) is 1.92. The zero-order valence-corrected chi connectivity index (χ0v) is 7.19. The van der Waals surface area contributed by atoms with Gasteiger partial charge in [0, 0.05) is 18.8 Å². The summed E-state index contributed by atoms with van der Waals surface area (Å²) in [5.74, 6) is 1.18. The van der Waals surface area contributed by atoms with Crippen molar-refractivity contribution < 1.29 is 9.90 Å². The topological polar surface area (TPSA) is 75.4 Å². The van der Waals surface area contributed by atoms with E-state index in [9.17, 15) is 4.79 Å². The molecule has 0 unspecified atom stereocenters. The molecule has 66 valence electrons. The number of rotatable bonds is 6. The Morgan fingerprint density at radius 2 is 2.36 bits per heavy atom. The smallest absolute Gasteiger partial charge is 0.230 e. The standard InChI is InChI=1S/C6H14N2O2S/c7-1-4-11-5-6(10)8-2-3-9/h9H,1-5,7H2,(H,8,10). The number of aliphatic hydroxyl groups excluding tert-OH is 1. The first-order valence-electron chi connectivity index (χ1n) is 3.46. The Labute approximate surface area is 70.5 Å². The van der Waals surface area contributed by atoms with Gasteiger partial charge in [-0.1, -0.05) is 0 Å². The number of carbonyl (C=O) groups excluding carboxylic acids is 1. The van der Waals surface area contributed by atoms with E-state index in [0.717, 1.165) is 5.75 Å². The molecule has 5 heteroatoms. The van der Waals surface area contributed by atoms with Crippen LogP contribution in [0.5, 0.6) is 0 Å². The minimum absolute atomic E-state index is 0.00665. The fourth-order valence-corrected chi connectivity index (χ4v) is 1.09. The molecule has 0 aliphatic rings. The zero-order valence-electron chi connectivity index (χ0n) is 6.38. The highest BCUT2D eigenvalue weighted by molar-refractivity contribution is 7.99. The number of amides is 1.